The van der Waals surface area contributed by atoms with E-state index in [0.717, 1.165) is 24.2 Å². The fourth-order valence-electron chi connectivity index (χ4n) is 10.4. The van der Waals surface area contributed by atoms with Gasteiger partial charge >= 0.3 is 6.16 Å². The molecule has 2 N–H and O–H groups in total. The van der Waals surface area contributed by atoms with Crippen LogP contribution in [0, 0.1) is 58.2 Å². The van der Waals surface area contributed by atoms with Gasteiger partial charge < -0.3 is 19.9 Å². The normalized spacial score (nSPS) is 42.7. The van der Waals surface area contributed by atoms with Gasteiger partial charge in [-0.05, 0) is 110 Å². The van der Waals surface area contributed by atoms with Gasteiger partial charge in [0.25, 0.3) is 0 Å². The fourth-order valence-corrected chi connectivity index (χ4v) is 10.4. The first-order valence-corrected chi connectivity index (χ1v) is 15.9. The summed E-state index contributed by atoms with van der Waals surface area (Å²) in [4.78, 5) is 16.2. The Labute approximate surface area is 237 Å². The minimum absolute atomic E-state index is 0.254. The van der Waals surface area contributed by atoms with Gasteiger partial charge in [-0.1, -0.05) is 52.6 Å². The molecule has 0 saturated heterocycles. The lowest BCUT2D eigenvalue weighted by Crippen LogP contribution is -2.62. The molecule has 4 fully saturated rings. The first kappa shape index (κ1) is 30.6. The maximum absolute atomic E-state index is 11.4. The summed E-state index contributed by atoms with van der Waals surface area (Å²) in [7, 11) is 1.76. The van der Waals surface area contributed by atoms with E-state index < -0.39 is 6.16 Å². The Morgan fingerprint density at radius 3 is 2.46 bits per heavy atom. The molecule has 224 valence electrons. The molecular formula is C32H56N2O5. The van der Waals surface area contributed by atoms with E-state index in [1.54, 1.807) is 14.0 Å². The van der Waals surface area contributed by atoms with E-state index in [1.165, 1.54) is 51.4 Å². The topological polar surface area (TPSA) is 92.4 Å². The number of rotatable bonds is 10. The van der Waals surface area contributed by atoms with Crippen LogP contribution in [0.25, 0.3) is 0 Å². The lowest BCUT2D eigenvalue weighted by Gasteiger charge is -2.65. The van der Waals surface area contributed by atoms with Crippen molar-refractivity contribution in [3.8, 4) is 0 Å². The molecule has 0 aromatic carbocycles. The number of hydrogen-bond donors (Lipinski definition) is 1. The van der Waals surface area contributed by atoms with Gasteiger partial charge in [-0.3, -0.25) is 4.84 Å². The predicted octanol–water partition coefficient (Wildman–Crippen LogP) is 7.38. The lowest BCUT2D eigenvalue weighted by molar-refractivity contribution is -0.231. The highest BCUT2D eigenvalue weighted by molar-refractivity contribution is 5.80. The highest BCUT2D eigenvalue weighted by atomic mass is 16.8. The largest absolute Gasteiger partial charge is 0.535 e. The number of oxime groups is 1. The second-order valence-corrected chi connectivity index (χ2v) is 14.0. The number of ether oxygens (including phenoxy) is 3. The monoisotopic (exact) mass is 548 g/mol. The van der Waals surface area contributed by atoms with Crippen LogP contribution in [0.1, 0.15) is 106 Å². The third-order valence-electron chi connectivity index (χ3n) is 12.1. The Morgan fingerprint density at radius 1 is 1.05 bits per heavy atom. The minimum Gasteiger partial charge on any atom is -0.433 e. The van der Waals surface area contributed by atoms with Gasteiger partial charge in [0, 0.05) is 13.5 Å². The molecule has 39 heavy (non-hydrogen) atoms. The van der Waals surface area contributed by atoms with Gasteiger partial charge in [0.1, 0.15) is 12.6 Å². The van der Waals surface area contributed by atoms with E-state index >= 15 is 0 Å². The van der Waals surface area contributed by atoms with Gasteiger partial charge in [-0.15, -0.1) is 0 Å². The maximum atomic E-state index is 11.4. The van der Waals surface area contributed by atoms with Gasteiger partial charge in [0.05, 0.1) is 12.7 Å². The van der Waals surface area contributed by atoms with Crippen LogP contribution in [-0.4, -0.2) is 38.6 Å². The molecule has 4 saturated carbocycles. The summed E-state index contributed by atoms with van der Waals surface area (Å²) in [5.74, 6) is 5.77. The SMILES string of the molecule is CCOC(=O)ON=C(N)CC[C@@H](C)[C@H]1CCC2C3C(OCOC)[C@H](CC)[C@@H]4C[C@H](C)CC[C@]4(C)C3CC[C@@]21C. The molecular weight excluding hydrogens is 492 g/mol. The zero-order chi connectivity index (χ0) is 28.4. The van der Waals surface area contributed by atoms with Crippen molar-refractivity contribution < 1.29 is 23.8 Å². The van der Waals surface area contributed by atoms with Crippen molar-refractivity contribution in [1.82, 2.24) is 0 Å². The van der Waals surface area contributed by atoms with E-state index in [9.17, 15) is 4.79 Å². The summed E-state index contributed by atoms with van der Waals surface area (Å²) in [6, 6.07) is 0. The Balaban J connectivity index is 1.52. The summed E-state index contributed by atoms with van der Waals surface area (Å²) in [6.07, 6.45) is 11.6. The van der Waals surface area contributed by atoms with Crippen molar-refractivity contribution in [1.29, 1.82) is 0 Å². The average Bonchev–Trinajstić information content (AvgIpc) is 3.27. The molecule has 4 unspecified atom stereocenters. The predicted molar refractivity (Wildman–Crippen MR) is 154 cm³/mol. The van der Waals surface area contributed by atoms with E-state index in [-0.39, 0.29) is 6.61 Å². The van der Waals surface area contributed by atoms with Gasteiger partial charge in [-0.25, -0.2) is 4.79 Å². The molecule has 7 heteroatoms. The van der Waals surface area contributed by atoms with Crippen molar-refractivity contribution >= 4 is 12.0 Å². The molecule has 4 rings (SSSR count). The summed E-state index contributed by atoms with van der Waals surface area (Å²) >= 11 is 0. The summed E-state index contributed by atoms with van der Waals surface area (Å²) in [5, 5.41) is 3.79. The fraction of sp³-hybridized carbons (Fsp3) is 0.938. The standard InChI is InChI=1S/C32H56N2O5/c1-8-22-26-18-20(3)14-16-32(26,6)25-15-17-31(5)23(11-12-24(31)28(25)29(22)38-19-36-7)21(4)10-13-27(33)34-39-30(35)37-9-2/h20-26,28-29H,8-19H2,1-7H3,(H2,33,34)/t20-,21-,22-,23-,24?,25?,26+,28?,29?,31-,32-/m1/s1. The first-order valence-electron chi connectivity index (χ1n) is 15.9. The van der Waals surface area contributed by atoms with Crippen molar-refractivity contribution in [3.05, 3.63) is 0 Å². The Bertz CT molecular complexity index is 865. The molecule has 0 radical (unpaired) electrons. The van der Waals surface area contributed by atoms with Crippen molar-refractivity contribution in [2.45, 2.75) is 112 Å². The summed E-state index contributed by atoms with van der Waals surface area (Å²) in [6.45, 7) is 14.9. The zero-order valence-corrected chi connectivity index (χ0v) is 25.7. The zero-order valence-electron chi connectivity index (χ0n) is 25.7. The van der Waals surface area contributed by atoms with Crippen LogP contribution in [-0.2, 0) is 19.0 Å². The molecule has 0 heterocycles. The number of amidine groups is 1. The van der Waals surface area contributed by atoms with E-state index in [1.807, 2.05) is 0 Å². The summed E-state index contributed by atoms with van der Waals surface area (Å²) in [5.41, 5.74) is 6.83. The molecule has 0 aromatic rings. The number of hydrogen-bond acceptors (Lipinski definition) is 6. The molecule has 4 aliphatic carbocycles. The first-order chi connectivity index (χ1) is 18.6. The van der Waals surface area contributed by atoms with Crippen LogP contribution in [0.3, 0.4) is 0 Å². The Hall–Kier alpha value is -1.34. The van der Waals surface area contributed by atoms with Crippen LogP contribution < -0.4 is 5.73 Å². The summed E-state index contributed by atoms with van der Waals surface area (Å²) < 4.78 is 17.0. The molecule has 7 nitrogen and oxygen atoms in total. The number of nitrogens with two attached hydrogens (primary N) is 1. The molecule has 4 aliphatic rings. The molecule has 0 aromatic heterocycles. The third-order valence-corrected chi connectivity index (χ3v) is 12.1. The van der Waals surface area contributed by atoms with Crippen LogP contribution in [0.15, 0.2) is 5.16 Å². The highest BCUT2D eigenvalue weighted by Crippen LogP contribution is 2.70. The number of carbonyl (C=O) groups is 1. The number of methoxy groups -OCH3 is 1. The van der Waals surface area contributed by atoms with Crippen LogP contribution >= 0.6 is 0 Å². The van der Waals surface area contributed by atoms with Crippen LogP contribution in [0.4, 0.5) is 4.79 Å². The van der Waals surface area contributed by atoms with Crippen LogP contribution in [0.5, 0.6) is 0 Å². The highest BCUT2D eigenvalue weighted by Gasteiger charge is 2.65. The Kier molecular flexibility index (Phi) is 9.95. The molecule has 0 amide bonds. The third kappa shape index (κ3) is 5.86. The van der Waals surface area contributed by atoms with E-state index in [2.05, 4.69) is 39.8 Å². The van der Waals surface area contributed by atoms with Gasteiger partial charge in [0.2, 0.25) is 0 Å². The second kappa shape index (κ2) is 12.7. The van der Waals surface area contributed by atoms with E-state index in [4.69, 9.17) is 24.8 Å². The smallest absolute Gasteiger partial charge is 0.433 e. The Morgan fingerprint density at radius 2 is 1.77 bits per heavy atom. The molecule has 11 atom stereocenters. The second-order valence-electron chi connectivity index (χ2n) is 14.0. The average molecular weight is 549 g/mol. The van der Waals surface area contributed by atoms with Crippen LogP contribution in [0.2, 0.25) is 0 Å². The quantitative estimate of drug-likeness (QED) is 0.0765. The lowest BCUT2D eigenvalue weighted by atomic mass is 9.41. The number of fused-ring (bicyclic) bond motifs is 5. The number of carbonyl (C=O) groups excluding carboxylic acids is 1. The molecule has 0 aliphatic heterocycles. The van der Waals surface area contributed by atoms with Crippen molar-refractivity contribution in [2.75, 3.05) is 20.5 Å². The maximum Gasteiger partial charge on any atom is 0.535 e. The van der Waals surface area contributed by atoms with E-state index in [0.29, 0.717) is 65.6 Å². The molecule has 0 bridgehead atoms. The van der Waals surface area contributed by atoms with Crippen molar-refractivity contribution in [2.24, 2.45) is 69.1 Å². The molecule has 0 spiro atoms. The number of nitrogens with zero attached hydrogens (tertiary/aromatic N) is 1. The minimum atomic E-state index is -0.803. The van der Waals surface area contributed by atoms with Gasteiger partial charge in [-0.2, -0.15) is 0 Å². The van der Waals surface area contributed by atoms with Crippen molar-refractivity contribution in [3.63, 3.8) is 0 Å². The van der Waals surface area contributed by atoms with Gasteiger partial charge in [0.15, 0.2) is 0 Å².